The minimum atomic E-state index is -4.63. The number of hydrogen-bond donors (Lipinski definition) is 1. The van der Waals surface area contributed by atoms with E-state index in [-0.39, 0.29) is 18.1 Å². The third-order valence-corrected chi connectivity index (χ3v) is 3.95. The van der Waals surface area contributed by atoms with E-state index in [2.05, 4.69) is 20.7 Å². The molecule has 1 N–H and O–H groups in total. The van der Waals surface area contributed by atoms with Crippen LogP contribution in [0.2, 0.25) is 5.02 Å². The highest BCUT2D eigenvalue weighted by Crippen LogP contribution is 2.36. The highest BCUT2D eigenvalue weighted by molar-refractivity contribution is 6.31. The summed E-state index contributed by atoms with van der Waals surface area (Å²) in [6.07, 6.45) is -4.63. The summed E-state index contributed by atoms with van der Waals surface area (Å²) in [5, 5.41) is 13.6. The Labute approximate surface area is 162 Å². The number of amides is 1. The van der Waals surface area contributed by atoms with E-state index in [1.165, 1.54) is 13.2 Å². The summed E-state index contributed by atoms with van der Waals surface area (Å²) in [5.74, 6) is 0.261. The van der Waals surface area contributed by atoms with E-state index < -0.39 is 22.7 Å². The van der Waals surface area contributed by atoms with Gasteiger partial charge in [-0.15, -0.1) is 10.2 Å². The summed E-state index contributed by atoms with van der Waals surface area (Å²) in [7, 11) is 1.52. The maximum absolute atomic E-state index is 12.9. The van der Waals surface area contributed by atoms with Crippen LogP contribution in [0.5, 0.6) is 5.75 Å². The Balaban J connectivity index is 1.70. The topological polar surface area (TPSA) is 81.9 Å². The first-order valence-electron chi connectivity index (χ1n) is 7.85. The highest BCUT2D eigenvalue weighted by Gasteiger charge is 2.33. The van der Waals surface area contributed by atoms with Gasteiger partial charge in [-0.05, 0) is 35.5 Å². The molecule has 0 radical (unpaired) electrons. The molecule has 0 saturated heterocycles. The third-order valence-electron chi connectivity index (χ3n) is 3.62. The summed E-state index contributed by atoms with van der Waals surface area (Å²) < 4.78 is 43.8. The predicted octanol–water partition coefficient (Wildman–Crippen LogP) is 3.66. The summed E-state index contributed by atoms with van der Waals surface area (Å²) in [6.45, 7) is -0.332. The van der Waals surface area contributed by atoms with Crippen LogP contribution in [0.25, 0.3) is 11.4 Å². The van der Waals surface area contributed by atoms with Gasteiger partial charge < -0.3 is 10.1 Å². The monoisotopic (exact) mass is 411 g/mol. The van der Waals surface area contributed by atoms with Gasteiger partial charge in [-0.25, -0.2) is 0 Å². The Morgan fingerprint density at radius 2 is 2.04 bits per heavy atom. The Kier molecular flexibility index (Phi) is 5.50. The van der Waals surface area contributed by atoms with Gasteiger partial charge in [0.25, 0.3) is 0 Å². The van der Waals surface area contributed by atoms with Crippen molar-refractivity contribution in [3.63, 3.8) is 0 Å². The molecule has 3 rings (SSSR count). The maximum atomic E-state index is 12.9. The normalized spacial score (nSPS) is 11.3. The van der Waals surface area contributed by atoms with E-state index in [0.29, 0.717) is 11.3 Å². The van der Waals surface area contributed by atoms with Gasteiger partial charge in [-0.3, -0.25) is 4.79 Å². The third kappa shape index (κ3) is 4.58. The number of aromatic nitrogens is 4. The zero-order valence-corrected chi connectivity index (χ0v) is 15.1. The molecule has 0 aliphatic rings. The number of benzene rings is 2. The lowest BCUT2D eigenvalue weighted by Crippen LogP contribution is -2.20. The van der Waals surface area contributed by atoms with E-state index in [9.17, 15) is 18.0 Å². The standard InChI is InChI=1S/C17H13ClF3N5O2/c1-28-12-4-2-3-10(7-12)16-23-25-26(24-16)9-15(27)22-11-5-6-14(18)13(8-11)17(19,20)21/h2-8H,9H2,1H3,(H,22,27). The van der Waals surface area contributed by atoms with E-state index in [1.54, 1.807) is 24.3 Å². The fraction of sp³-hybridized carbons (Fsp3) is 0.176. The maximum Gasteiger partial charge on any atom is 0.417 e. The molecule has 0 fully saturated rings. The molecule has 0 saturated carbocycles. The molecule has 3 aromatic rings. The van der Waals surface area contributed by atoms with Crippen molar-refractivity contribution >= 4 is 23.2 Å². The first kappa shape index (κ1) is 19.6. The van der Waals surface area contributed by atoms with Crippen LogP contribution in [0.15, 0.2) is 42.5 Å². The minimum absolute atomic E-state index is 0.0464. The second-order valence-corrected chi connectivity index (χ2v) is 6.02. The molecule has 1 heterocycles. The van der Waals surface area contributed by atoms with Gasteiger partial charge in [-0.2, -0.15) is 18.0 Å². The number of ether oxygens (including phenoxy) is 1. The van der Waals surface area contributed by atoms with Crippen molar-refractivity contribution in [2.75, 3.05) is 12.4 Å². The van der Waals surface area contributed by atoms with Crippen LogP contribution < -0.4 is 10.1 Å². The quantitative estimate of drug-likeness (QED) is 0.693. The van der Waals surface area contributed by atoms with Crippen molar-refractivity contribution in [3.05, 3.63) is 53.1 Å². The molecule has 0 spiro atoms. The van der Waals surface area contributed by atoms with Crippen molar-refractivity contribution in [3.8, 4) is 17.1 Å². The molecule has 0 bridgehead atoms. The predicted molar refractivity (Wildman–Crippen MR) is 94.9 cm³/mol. The molecule has 11 heteroatoms. The van der Waals surface area contributed by atoms with Crippen LogP contribution in [0, 0.1) is 0 Å². The number of nitrogens with one attached hydrogen (secondary N) is 1. The Morgan fingerprint density at radius 1 is 1.25 bits per heavy atom. The molecule has 0 aliphatic carbocycles. The number of alkyl halides is 3. The average Bonchev–Trinajstić information content (AvgIpc) is 3.11. The van der Waals surface area contributed by atoms with Crippen LogP contribution >= 0.6 is 11.6 Å². The molecule has 2 aromatic carbocycles. The van der Waals surface area contributed by atoms with Crippen molar-refractivity contribution in [2.24, 2.45) is 0 Å². The SMILES string of the molecule is COc1cccc(-c2nnn(CC(=O)Nc3ccc(Cl)c(C(F)(F)F)c3)n2)c1. The Bertz CT molecular complexity index is 1010. The van der Waals surface area contributed by atoms with Crippen molar-refractivity contribution in [2.45, 2.75) is 12.7 Å². The van der Waals surface area contributed by atoms with Gasteiger partial charge in [-0.1, -0.05) is 23.7 Å². The zero-order valence-electron chi connectivity index (χ0n) is 14.4. The second-order valence-electron chi connectivity index (χ2n) is 5.62. The molecule has 7 nitrogen and oxygen atoms in total. The largest absolute Gasteiger partial charge is 0.497 e. The minimum Gasteiger partial charge on any atom is -0.497 e. The van der Waals surface area contributed by atoms with E-state index in [1.807, 2.05) is 0 Å². The van der Waals surface area contributed by atoms with Gasteiger partial charge in [0.1, 0.15) is 12.3 Å². The van der Waals surface area contributed by atoms with Gasteiger partial charge in [0.05, 0.1) is 17.7 Å². The van der Waals surface area contributed by atoms with E-state index in [0.717, 1.165) is 16.9 Å². The zero-order chi connectivity index (χ0) is 20.3. The summed E-state index contributed by atoms with van der Waals surface area (Å²) in [4.78, 5) is 13.1. The van der Waals surface area contributed by atoms with Crippen LogP contribution in [-0.4, -0.2) is 33.2 Å². The van der Waals surface area contributed by atoms with Crippen LogP contribution in [0.1, 0.15) is 5.56 Å². The molecular weight excluding hydrogens is 399 g/mol. The fourth-order valence-electron chi connectivity index (χ4n) is 2.34. The first-order valence-corrected chi connectivity index (χ1v) is 8.23. The number of rotatable bonds is 5. The molecule has 1 amide bonds. The molecule has 0 atom stereocenters. The number of hydrogen-bond acceptors (Lipinski definition) is 5. The smallest absolute Gasteiger partial charge is 0.417 e. The van der Waals surface area contributed by atoms with Crippen LogP contribution in [0.3, 0.4) is 0 Å². The Morgan fingerprint density at radius 3 is 2.75 bits per heavy atom. The van der Waals surface area contributed by atoms with Crippen LogP contribution in [-0.2, 0) is 17.5 Å². The average molecular weight is 412 g/mol. The number of anilines is 1. The van der Waals surface area contributed by atoms with Gasteiger partial charge in [0.2, 0.25) is 11.7 Å². The number of halogens is 4. The lowest BCUT2D eigenvalue weighted by atomic mass is 10.2. The lowest BCUT2D eigenvalue weighted by molar-refractivity contribution is -0.137. The van der Waals surface area contributed by atoms with Crippen molar-refractivity contribution in [1.82, 2.24) is 20.2 Å². The highest BCUT2D eigenvalue weighted by atomic mass is 35.5. The van der Waals surface area contributed by atoms with E-state index >= 15 is 0 Å². The number of methoxy groups -OCH3 is 1. The molecule has 0 aliphatic heterocycles. The lowest BCUT2D eigenvalue weighted by Gasteiger charge is -2.11. The fourth-order valence-corrected chi connectivity index (χ4v) is 2.56. The van der Waals surface area contributed by atoms with Crippen LogP contribution in [0.4, 0.5) is 18.9 Å². The van der Waals surface area contributed by atoms with Gasteiger partial charge >= 0.3 is 6.18 Å². The van der Waals surface area contributed by atoms with Crippen molar-refractivity contribution < 1.29 is 22.7 Å². The second kappa shape index (κ2) is 7.85. The number of tetrazole rings is 1. The van der Waals surface area contributed by atoms with E-state index in [4.69, 9.17) is 16.3 Å². The molecule has 146 valence electrons. The van der Waals surface area contributed by atoms with Crippen molar-refractivity contribution in [1.29, 1.82) is 0 Å². The first-order chi connectivity index (χ1) is 13.3. The number of nitrogens with zero attached hydrogens (tertiary/aromatic N) is 4. The Hall–Kier alpha value is -3.14. The summed E-state index contributed by atoms with van der Waals surface area (Å²) >= 11 is 5.56. The summed E-state index contributed by atoms with van der Waals surface area (Å²) in [6, 6.07) is 10.0. The van der Waals surface area contributed by atoms with Gasteiger partial charge in [0.15, 0.2) is 0 Å². The number of carbonyl (C=O) groups is 1. The molecule has 28 heavy (non-hydrogen) atoms. The molecule has 0 unspecified atom stereocenters. The summed E-state index contributed by atoms with van der Waals surface area (Å²) in [5.41, 5.74) is -0.445. The molecule has 1 aromatic heterocycles. The molecular formula is C17H13ClF3N5O2. The number of carbonyl (C=O) groups excluding carboxylic acids is 1. The van der Waals surface area contributed by atoms with Gasteiger partial charge in [0, 0.05) is 11.3 Å².